The number of rotatable bonds is 12. The molecule has 0 fully saturated rings. The third-order valence-corrected chi connectivity index (χ3v) is 3.93. The highest BCUT2D eigenvalue weighted by molar-refractivity contribution is 5.96. The lowest BCUT2D eigenvalue weighted by Crippen LogP contribution is -2.58. The number of carbonyl (C=O) groups is 5. The molecule has 166 valence electrons. The maximum atomic E-state index is 12.6. The third kappa shape index (κ3) is 9.85. The number of aliphatic hydroxyl groups excluding tert-OH is 1. The van der Waals surface area contributed by atoms with Crippen LogP contribution < -0.4 is 27.4 Å². The van der Waals surface area contributed by atoms with E-state index in [0.717, 1.165) is 0 Å². The topological polar surface area (TPSA) is 214 Å². The van der Waals surface area contributed by atoms with Crippen LogP contribution in [0.3, 0.4) is 0 Å². The minimum atomic E-state index is -1.43. The molecule has 0 aliphatic heterocycles. The summed E-state index contributed by atoms with van der Waals surface area (Å²) in [6, 6.07) is -5.06. The van der Waals surface area contributed by atoms with Gasteiger partial charge in [-0.15, -0.1) is 0 Å². The van der Waals surface area contributed by atoms with Crippen LogP contribution in [-0.4, -0.2) is 70.1 Å². The molecule has 12 heteroatoms. The lowest BCUT2D eigenvalue weighted by atomic mass is 10.0. The molecule has 0 aromatic heterocycles. The van der Waals surface area contributed by atoms with Crippen molar-refractivity contribution in [2.24, 2.45) is 17.4 Å². The van der Waals surface area contributed by atoms with Gasteiger partial charge in [-0.25, -0.2) is 0 Å². The van der Waals surface area contributed by atoms with Crippen molar-refractivity contribution in [2.75, 3.05) is 0 Å². The van der Waals surface area contributed by atoms with Crippen LogP contribution in [0.15, 0.2) is 0 Å². The third-order valence-electron chi connectivity index (χ3n) is 3.93. The van der Waals surface area contributed by atoms with E-state index in [1.165, 1.54) is 13.8 Å². The van der Waals surface area contributed by atoms with Gasteiger partial charge in [0, 0.05) is 0 Å². The highest BCUT2D eigenvalue weighted by atomic mass is 16.4. The molecule has 0 aliphatic carbocycles. The number of carboxylic acid groups (broad SMARTS) is 1. The number of primary amides is 1. The minimum Gasteiger partial charge on any atom is -0.480 e. The second-order valence-electron chi connectivity index (χ2n) is 7.26. The Balaban J connectivity index is 5.38. The molecule has 0 aromatic carbocycles. The highest BCUT2D eigenvalue weighted by Gasteiger charge is 2.31. The fraction of sp³-hybridized carbons (Fsp3) is 0.706. The van der Waals surface area contributed by atoms with Crippen molar-refractivity contribution in [3.63, 3.8) is 0 Å². The van der Waals surface area contributed by atoms with Crippen LogP contribution in [-0.2, 0) is 24.0 Å². The summed E-state index contributed by atoms with van der Waals surface area (Å²) < 4.78 is 0. The maximum absolute atomic E-state index is 12.6. The molecule has 0 rings (SSSR count). The number of aliphatic carboxylic acids is 1. The smallest absolute Gasteiger partial charge is 0.325 e. The van der Waals surface area contributed by atoms with Gasteiger partial charge in [0.2, 0.25) is 23.6 Å². The van der Waals surface area contributed by atoms with Crippen LogP contribution in [0.2, 0.25) is 0 Å². The molecule has 4 amide bonds. The van der Waals surface area contributed by atoms with Crippen molar-refractivity contribution in [1.82, 2.24) is 16.0 Å². The van der Waals surface area contributed by atoms with E-state index in [0.29, 0.717) is 0 Å². The molecule has 9 N–H and O–H groups in total. The number of hydrogen-bond acceptors (Lipinski definition) is 7. The molecule has 5 atom stereocenters. The molecule has 0 heterocycles. The van der Waals surface area contributed by atoms with Crippen LogP contribution in [0.1, 0.15) is 40.5 Å². The van der Waals surface area contributed by atoms with Crippen LogP contribution >= 0.6 is 0 Å². The Hall–Kier alpha value is -2.73. The van der Waals surface area contributed by atoms with Crippen molar-refractivity contribution in [3.8, 4) is 0 Å². The van der Waals surface area contributed by atoms with Gasteiger partial charge in [-0.1, -0.05) is 13.8 Å². The minimum absolute atomic E-state index is 0.0377. The van der Waals surface area contributed by atoms with Gasteiger partial charge in [-0.05, 0) is 26.2 Å². The summed E-state index contributed by atoms with van der Waals surface area (Å²) in [5, 5.41) is 25.2. The lowest BCUT2D eigenvalue weighted by molar-refractivity contribution is -0.142. The summed E-state index contributed by atoms with van der Waals surface area (Å²) in [6.07, 6.45) is -1.54. The number of carboxylic acids is 1. The van der Waals surface area contributed by atoms with Crippen LogP contribution in [0, 0.1) is 5.92 Å². The van der Waals surface area contributed by atoms with Gasteiger partial charge >= 0.3 is 5.97 Å². The molecular formula is C17H31N5O7. The van der Waals surface area contributed by atoms with E-state index < -0.39 is 66.3 Å². The highest BCUT2D eigenvalue weighted by Crippen LogP contribution is 2.07. The second-order valence-corrected chi connectivity index (χ2v) is 7.26. The lowest BCUT2D eigenvalue weighted by Gasteiger charge is -2.25. The quantitative estimate of drug-likeness (QED) is 0.175. The van der Waals surface area contributed by atoms with Gasteiger partial charge in [-0.3, -0.25) is 24.0 Å². The van der Waals surface area contributed by atoms with Crippen molar-refractivity contribution < 1.29 is 34.2 Å². The zero-order valence-electron chi connectivity index (χ0n) is 17.0. The van der Waals surface area contributed by atoms with Crippen molar-refractivity contribution in [2.45, 2.75) is 70.8 Å². The van der Waals surface area contributed by atoms with Crippen LogP contribution in [0.4, 0.5) is 0 Å². The molecule has 0 spiro atoms. The number of nitrogens with two attached hydrogens (primary N) is 2. The van der Waals surface area contributed by atoms with E-state index in [9.17, 15) is 29.1 Å². The van der Waals surface area contributed by atoms with Gasteiger partial charge in [0.1, 0.15) is 24.2 Å². The summed E-state index contributed by atoms with van der Waals surface area (Å²) in [7, 11) is 0. The van der Waals surface area contributed by atoms with Crippen LogP contribution in [0.25, 0.3) is 0 Å². The average molecular weight is 417 g/mol. The molecule has 0 saturated carbocycles. The van der Waals surface area contributed by atoms with E-state index in [4.69, 9.17) is 16.6 Å². The normalized spacial score (nSPS) is 16.1. The standard InChI is InChI=1S/C17H31N5O7/c1-7(2)5-10(22-16(27)13(19)9(4)23)15(26)21-11(6-12(18)24)14(25)20-8(3)17(28)29/h7-11,13,23H,5-6,19H2,1-4H3,(H2,18,24)(H,20,25)(H,21,26)(H,22,27)(H,28,29). The summed E-state index contributed by atoms with van der Waals surface area (Å²) >= 11 is 0. The van der Waals surface area contributed by atoms with E-state index in [1.54, 1.807) is 13.8 Å². The van der Waals surface area contributed by atoms with E-state index in [2.05, 4.69) is 16.0 Å². The zero-order valence-corrected chi connectivity index (χ0v) is 17.0. The number of aliphatic hydroxyl groups is 1. The first-order valence-corrected chi connectivity index (χ1v) is 9.12. The molecule has 0 aromatic rings. The van der Waals surface area contributed by atoms with Gasteiger partial charge in [0.05, 0.1) is 12.5 Å². The number of amides is 4. The monoisotopic (exact) mass is 417 g/mol. The maximum Gasteiger partial charge on any atom is 0.325 e. The Kier molecular flexibility index (Phi) is 10.8. The fourth-order valence-electron chi connectivity index (χ4n) is 2.25. The SMILES string of the molecule is CC(C)CC(NC(=O)C(N)C(C)O)C(=O)NC(CC(N)=O)C(=O)NC(C)C(=O)O. The fourth-order valence-corrected chi connectivity index (χ4v) is 2.25. The average Bonchev–Trinajstić information content (AvgIpc) is 2.58. The molecule has 0 aliphatic rings. The van der Waals surface area contributed by atoms with Gasteiger partial charge < -0.3 is 37.6 Å². The van der Waals surface area contributed by atoms with Gasteiger partial charge in [0.25, 0.3) is 0 Å². The molecule has 12 nitrogen and oxygen atoms in total. The first kappa shape index (κ1) is 26.3. The number of nitrogens with one attached hydrogen (secondary N) is 3. The number of carbonyl (C=O) groups excluding carboxylic acids is 4. The first-order chi connectivity index (χ1) is 13.3. The summed E-state index contributed by atoms with van der Waals surface area (Å²) in [4.78, 5) is 59.2. The van der Waals surface area contributed by atoms with E-state index >= 15 is 0 Å². The van der Waals surface area contributed by atoms with E-state index in [-0.39, 0.29) is 12.3 Å². The molecule has 5 unspecified atom stereocenters. The summed E-state index contributed by atoms with van der Waals surface area (Å²) in [6.45, 7) is 6.12. The molecule has 0 bridgehead atoms. The van der Waals surface area contributed by atoms with Crippen molar-refractivity contribution in [1.29, 1.82) is 0 Å². The zero-order chi connectivity index (χ0) is 22.9. The predicted octanol–water partition coefficient (Wildman–Crippen LogP) is -2.83. The molecule has 0 radical (unpaired) electrons. The van der Waals surface area contributed by atoms with Crippen molar-refractivity contribution in [3.05, 3.63) is 0 Å². The Labute approximate surface area is 168 Å². The largest absolute Gasteiger partial charge is 0.480 e. The summed E-state index contributed by atoms with van der Waals surface area (Å²) in [5.74, 6) is -4.70. The Morgan fingerprint density at radius 1 is 0.862 bits per heavy atom. The second kappa shape index (κ2) is 12.0. The van der Waals surface area contributed by atoms with Crippen molar-refractivity contribution >= 4 is 29.6 Å². The first-order valence-electron chi connectivity index (χ1n) is 9.12. The Morgan fingerprint density at radius 3 is 1.76 bits per heavy atom. The summed E-state index contributed by atoms with van der Waals surface area (Å²) in [5.41, 5.74) is 10.7. The molecular weight excluding hydrogens is 386 g/mol. The van der Waals surface area contributed by atoms with E-state index in [1.807, 2.05) is 0 Å². The molecule has 0 saturated heterocycles. The predicted molar refractivity (Wildman–Crippen MR) is 102 cm³/mol. The Bertz CT molecular complexity index is 623. The van der Waals surface area contributed by atoms with Gasteiger partial charge in [0.15, 0.2) is 0 Å². The molecule has 29 heavy (non-hydrogen) atoms. The Morgan fingerprint density at radius 2 is 1.34 bits per heavy atom. The van der Waals surface area contributed by atoms with Gasteiger partial charge in [-0.2, -0.15) is 0 Å². The van der Waals surface area contributed by atoms with Crippen LogP contribution in [0.5, 0.6) is 0 Å². The number of hydrogen-bond donors (Lipinski definition) is 7.